The first-order chi connectivity index (χ1) is 11.0. The van der Waals surface area contributed by atoms with E-state index < -0.39 is 17.8 Å². The Bertz CT molecular complexity index is 646. The van der Waals surface area contributed by atoms with Gasteiger partial charge in [0.1, 0.15) is 17.6 Å². The van der Waals surface area contributed by atoms with Gasteiger partial charge in [0.15, 0.2) is 0 Å². The van der Waals surface area contributed by atoms with E-state index in [0.29, 0.717) is 24.4 Å². The van der Waals surface area contributed by atoms with Crippen LogP contribution in [0.1, 0.15) is 18.0 Å². The molecule has 1 heterocycles. The van der Waals surface area contributed by atoms with E-state index in [9.17, 15) is 14.3 Å². The van der Waals surface area contributed by atoms with Crippen LogP contribution in [0.5, 0.6) is 5.75 Å². The van der Waals surface area contributed by atoms with E-state index in [2.05, 4.69) is 5.10 Å². The first-order valence-corrected chi connectivity index (χ1v) is 7.27. The lowest BCUT2D eigenvalue weighted by Crippen LogP contribution is -2.32. The van der Waals surface area contributed by atoms with Crippen LogP contribution in [0.3, 0.4) is 0 Å². The van der Waals surface area contributed by atoms with Crippen molar-refractivity contribution in [2.24, 2.45) is 0 Å². The van der Waals surface area contributed by atoms with E-state index in [1.165, 1.54) is 25.3 Å². The van der Waals surface area contributed by atoms with Crippen LogP contribution in [0, 0.1) is 5.82 Å². The van der Waals surface area contributed by atoms with Gasteiger partial charge in [-0.05, 0) is 37.7 Å². The Morgan fingerprint density at radius 3 is 2.91 bits per heavy atom. The number of carboxylic acids is 1. The summed E-state index contributed by atoms with van der Waals surface area (Å²) in [6.07, 6.45) is 4.27. The minimum absolute atomic E-state index is 0.307. The summed E-state index contributed by atoms with van der Waals surface area (Å²) in [5.74, 6) is -1.18. The van der Waals surface area contributed by atoms with Gasteiger partial charge in [0.2, 0.25) is 0 Å². The zero-order valence-corrected chi connectivity index (χ0v) is 13.1. The van der Waals surface area contributed by atoms with Crippen molar-refractivity contribution in [3.63, 3.8) is 0 Å². The molecular formula is C16H20FN3O3. The Labute approximate surface area is 134 Å². The lowest BCUT2D eigenvalue weighted by Gasteiger charge is -2.26. The highest BCUT2D eigenvalue weighted by Gasteiger charge is 2.28. The second-order valence-corrected chi connectivity index (χ2v) is 5.23. The number of hydrogen-bond donors (Lipinski definition) is 1. The number of carboxylic acid groups (broad SMARTS) is 1. The lowest BCUT2D eigenvalue weighted by molar-refractivity contribution is -0.143. The fourth-order valence-corrected chi connectivity index (χ4v) is 2.52. The second-order valence-electron chi connectivity index (χ2n) is 5.23. The molecule has 0 bridgehead atoms. The van der Waals surface area contributed by atoms with Gasteiger partial charge in [-0.2, -0.15) is 5.10 Å². The highest BCUT2D eigenvalue weighted by atomic mass is 19.1. The molecule has 0 fully saturated rings. The van der Waals surface area contributed by atoms with E-state index in [0.717, 1.165) is 6.42 Å². The van der Waals surface area contributed by atoms with E-state index in [1.54, 1.807) is 22.8 Å². The van der Waals surface area contributed by atoms with Crippen LogP contribution in [0.15, 0.2) is 36.7 Å². The quantitative estimate of drug-likeness (QED) is 0.807. The number of carbonyl (C=O) groups is 1. The Morgan fingerprint density at radius 1 is 1.52 bits per heavy atom. The average Bonchev–Trinajstić information content (AvgIpc) is 3.00. The Hall–Kier alpha value is -2.41. The maximum atomic E-state index is 13.5. The molecule has 0 spiro atoms. The maximum Gasteiger partial charge on any atom is 0.325 e. The van der Waals surface area contributed by atoms with Crippen LogP contribution in [-0.2, 0) is 11.3 Å². The zero-order chi connectivity index (χ0) is 16.8. The van der Waals surface area contributed by atoms with Crippen molar-refractivity contribution in [2.75, 3.05) is 20.7 Å². The molecule has 1 aromatic carbocycles. The molecule has 6 nitrogen and oxygen atoms in total. The summed E-state index contributed by atoms with van der Waals surface area (Å²) in [7, 11) is 3.14. The number of aliphatic carboxylic acids is 1. The van der Waals surface area contributed by atoms with E-state index in [4.69, 9.17) is 4.74 Å². The fraction of sp³-hybridized carbons (Fsp3) is 0.375. The number of hydrogen-bond acceptors (Lipinski definition) is 4. The van der Waals surface area contributed by atoms with Crippen LogP contribution in [0.25, 0.3) is 0 Å². The number of methoxy groups -OCH3 is 1. The third-order valence-corrected chi connectivity index (χ3v) is 3.62. The van der Waals surface area contributed by atoms with Crippen molar-refractivity contribution in [2.45, 2.75) is 19.0 Å². The first-order valence-electron chi connectivity index (χ1n) is 7.27. The van der Waals surface area contributed by atoms with Gasteiger partial charge in [-0.1, -0.05) is 0 Å². The summed E-state index contributed by atoms with van der Waals surface area (Å²) >= 11 is 0. The zero-order valence-electron chi connectivity index (χ0n) is 13.1. The molecule has 0 radical (unpaired) electrons. The minimum atomic E-state index is -1.05. The van der Waals surface area contributed by atoms with Gasteiger partial charge in [0.25, 0.3) is 0 Å². The number of ether oxygens (including phenoxy) is 1. The molecule has 124 valence electrons. The molecule has 2 rings (SSSR count). The average molecular weight is 321 g/mol. The molecule has 0 aliphatic rings. The SMILES string of the molecule is COc1ccc(F)cc1C(C(=O)O)N(C)CCCn1cccn1. The van der Waals surface area contributed by atoms with E-state index in [1.807, 2.05) is 12.3 Å². The van der Waals surface area contributed by atoms with Gasteiger partial charge in [0, 0.05) is 31.0 Å². The fourth-order valence-electron chi connectivity index (χ4n) is 2.52. The number of likely N-dealkylation sites (N-methyl/N-ethyl adjacent to an activating group) is 1. The molecule has 1 atom stereocenters. The molecule has 1 aromatic heterocycles. The minimum Gasteiger partial charge on any atom is -0.496 e. The Kier molecular flexibility index (Phi) is 5.70. The van der Waals surface area contributed by atoms with Gasteiger partial charge in [0.05, 0.1) is 7.11 Å². The standard InChI is InChI=1S/C16H20FN3O3/c1-19(8-4-10-20-9-3-7-18-20)15(16(21)22)13-11-12(17)5-6-14(13)23-2/h3,5-7,9,11,15H,4,8,10H2,1-2H3,(H,21,22). The summed E-state index contributed by atoms with van der Waals surface area (Å²) in [4.78, 5) is 13.3. The third kappa shape index (κ3) is 4.29. The number of aromatic nitrogens is 2. The molecule has 0 saturated heterocycles. The molecule has 0 amide bonds. The number of halogens is 1. The molecule has 0 aliphatic carbocycles. The highest BCUT2D eigenvalue weighted by molar-refractivity contribution is 5.76. The summed E-state index contributed by atoms with van der Waals surface area (Å²) < 4.78 is 20.5. The van der Waals surface area contributed by atoms with Crippen molar-refractivity contribution in [1.82, 2.24) is 14.7 Å². The van der Waals surface area contributed by atoms with Crippen molar-refractivity contribution in [1.29, 1.82) is 0 Å². The van der Waals surface area contributed by atoms with Crippen molar-refractivity contribution in [3.05, 3.63) is 48.0 Å². The van der Waals surface area contributed by atoms with Crippen LogP contribution in [0.4, 0.5) is 4.39 Å². The molecule has 7 heteroatoms. The number of rotatable bonds is 8. The van der Waals surface area contributed by atoms with Gasteiger partial charge >= 0.3 is 5.97 Å². The Balaban J connectivity index is 2.11. The smallest absolute Gasteiger partial charge is 0.325 e. The topological polar surface area (TPSA) is 67.6 Å². The molecule has 1 unspecified atom stereocenters. The van der Waals surface area contributed by atoms with E-state index >= 15 is 0 Å². The number of aryl methyl sites for hydroxylation is 1. The molecule has 2 aromatic rings. The summed E-state index contributed by atoms with van der Waals surface area (Å²) in [5, 5.41) is 13.7. The van der Waals surface area contributed by atoms with Gasteiger partial charge in [-0.15, -0.1) is 0 Å². The van der Waals surface area contributed by atoms with Gasteiger partial charge < -0.3 is 9.84 Å². The maximum absolute atomic E-state index is 13.5. The second kappa shape index (κ2) is 7.73. The lowest BCUT2D eigenvalue weighted by atomic mass is 10.0. The highest BCUT2D eigenvalue weighted by Crippen LogP contribution is 2.30. The van der Waals surface area contributed by atoms with Crippen LogP contribution < -0.4 is 4.74 Å². The van der Waals surface area contributed by atoms with Crippen LogP contribution >= 0.6 is 0 Å². The summed E-state index contributed by atoms with van der Waals surface area (Å²) in [5.41, 5.74) is 0.307. The number of nitrogens with zero attached hydrogens (tertiary/aromatic N) is 3. The van der Waals surface area contributed by atoms with Crippen molar-refractivity contribution < 1.29 is 19.0 Å². The van der Waals surface area contributed by atoms with Crippen molar-refractivity contribution in [3.8, 4) is 5.75 Å². The van der Waals surface area contributed by atoms with Crippen LogP contribution in [-0.4, -0.2) is 46.5 Å². The molecule has 1 N–H and O–H groups in total. The molecule has 23 heavy (non-hydrogen) atoms. The van der Waals surface area contributed by atoms with Gasteiger partial charge in [-0.3, -0.25) is 14.4 Å². The normalized spacial score (nSPS) is 12.3. The molecular weight excluding hydrogens is 301 g/mol. The van der Waals surface area contributed by atoms with Crippen molar-refractivity contribution >= 4 is 5.97 Å². The Morgan fingerprint density at radius 2 is 2.30 bits per heavy atom. The summed E-state index contributed by atoms with van der Waals surface area (Å²) in [6.45, 7) is 1.21. The monoisotopic (exact) mass is 321 g/mol. The largest absolute Gasteiger partial charge is 0.496 e. The van der Waals surface area contributed by atoms with Crippen LogP contribution in [0.2, 0.25) is 0 Å². The van der Waals surface area contributed by atoms with Gasteiger partial charge in [-0.25, -0.2) is 4.39 Å². The van der Waals surface area contributed by atoms with E-state index in [-0.39, 0.29) is 0 Å². The molecule has 0 aliphatic heterocycles. The third-order valence-electron chi connectivity index (χ3n) is 3.62. The summed E-state index contributed by atoms with van der Waals surface area (Å²) in [6, 6.07) is 4.76. The first kappa shape index (κ1) is 17.0. The predicted molar refractivity (Wildman–Crippen MR) is 82.8 cm³/mol. The number of benzene rings is 1. The predicted octanol–water partition coefficient (Wildman–Crippen LogP) is 2.18. The molecule has 0 saturated carbocycles.